The van der Waals surface area contributed by atoms with E-state index in [1.54, 1.807) is 6.92 Å². The van der Waals surface area contributed by atoms with Crippen molar-refractivity contribution in [1.82, 2.24) is 30.2 Å². The zero-order valence-corrected chi connectivity index (χ0v) is 13.8. The zero-order valence-electron chi connectivity index (χ0n) is 13.8. The Morgan fingerprint density at radius 3 is 2.52 bits per heavy atom. The normalized spacial score (nSPS) is 11.4. The Morgan fingerprint density at radius 2 is 1.93 bits per heavy atom. The molecule has 1 amide bonds. The van der Waals surface area contributed by atoms with Crippen LogP contribution in [0, 0.1) is 6.92 Å². The molecule has 0 aliphatic rings. The molecule has 0 saturated heterocycles. The zero-order chi connectivity index (χ0) is 19.6. The molecular formula is C15H12F3N7O2. The third-order valence-electron chi connectivity index (χ3n) is 3.39. The van der Waals surface area contributed by atoms with E-state index in [1.807, 2.05) is 0 Å². The van der Waals surface area contributed by atoms with E-state index in [4.69, 9.17) is 10.2 Å². The van der Waals surface area contributed by atoms with E-state index in [2.05, 4.69) is 30.2 Å². The number of nitrogens with two attached hydrogens (primary N) is 1. The van der Waals surface area contributed by atoms with Gasteiger partial charge in [-0.05, 0) is 6.92 Å². The minimum atomic E-state index is -4.53. The lowest BCUT2D eigenvalue weighted by molar-refractivity contribution is -0.138. The van der Waals surface area contributed by atoms with Crippen LogP contribution in [0.4, 0.5) is 19.0 Å². The number of halogens is 3. The molecular weight excluding hydrogens is 367 g/mol. The summed E-state index contributed by atoms with van der Waals surface area (Å²) in [7, 11) is 0. The van der Waals surface area contributed by atoms with Gasteiger partial charge < -0.3 is 15.5 Å². The molecule has 0 bridgehead atoms. The monoisotopic (exact) mass is 379 g/mol. The van der Waals surface area contributed by atoms with Gasteiger partial charge in [0.05, 0.1) is 24.0 Å². The number of aromatic nitrogens is 5. The summed E-state index contributed by atoms with van der Waals surface area (Å²) in [5.74, 6) is -0.627. The number of hydrogen-bond donors (Lipinski definition) is 2. The van der Waals surface area contributed by atoms with Crippen molar-refractivity contribution >= 4 is 11.7 Å². The molecule has 27 heavy (non-hydrogen) atoms. The standard InChI is InChI=1S/C15H12F3N7O2/c1-7-10(14-20-2-3-27-14)25-12(19)11(24-7)13(26)23-6-9-21-4-8(5-22-9)15(16,17)18/h2-5H,6H2,1H3,(H2,19,25)(H,23,26). The van der Waals surface area contributed by atoms with Crippen molar-refractivity contribution in [3.63, 3.8) is 0 Å². The van der Waals surface area contributed by atoms with Crippen molar-refractivity contribution < 1.29 is 22.4 Å². The summed E-state index contributed by atoms with van der Waals surface area (Å²) < 4.78 is 42.6. The smallest absolute Gasteiger partial charge is 0.419 e. The Kier molecular flexibility index (Phi) is 4.71. The van der Waals surface area contributed by atoms with Crippen LogP contribution >= 0.6 is 0 Å². The van der Waals surface area contributed by atoms with Gasteiger partial charge in [0, 0.05) is 12.4 Å². The highest BCUT2D eigenvalue weighted by Crippen LogP contribution is 2.27. The third-order valence-corrected chi connectivity index (χ3v) is 3.39. The molecule has 12 heteroatoms. The summed E-state index contributed by atoms with van der Waals surface area (Å²) in [6.07, 6.45) is -0.474. The minimum absolute atomic E-state index is 0.00370. The number of carbonyl (C=O) groups excluding carboxylic acids is 1. The van der Waals surface area contributed by atoms with Crippen molar-refractivity contribution in [1.29, 1.82) is 0 Å². The average molecular weight is 379 g/mol. The van der Waals surface area contributed by atoms with Gasteiger partial charge >= 0.3 is 6.18 Å². The summed E-state index contributed by atoms with van der Waals surface area (Å²) in [5, 5.41) is 2.43. The molecule has 3 aromatic heterocycles. The van der Waals surface area contributed by atoms with Gasteiger partial charge in [0.2, 0.25) is 5.89 Å². The molecule has 0 aliphatic carbocycles. The molecule has 0 radical (unpaired) electrons. The SMILES string of the molecule is Cc1nc(C(=O)NCc2ncc(C(F)(F)F)cn2)c(N)nc1-c1ncco1. The molecule has 0 fully saturated rings. The predicted octanol–water partition coefficient (Wildman–Crippen LogP) is 1.76. The van der Waals surface area contributed by atoms with Gasteiger partial charge in [-0.2, -0.15) is 13.2 Å². The summed E-state index contributed by atoms with van der Waals surface area (Å²) in [4.78, 5) is 31.5. The van der Waals surface area contributed by atoms with Crippen molar-refractivity contribution in [3.05, 3.63) is 47.6 Å². The lowest BCUT2D eigenvalue weighted by Crippen LogP contribution is -2.27. The van der Waals surface area contributed by atoms with Crippen LogP contribution < -0.4 is 11.1 Å². The Morgan fingerprint density at radius 1 is 1.22 bits per heavy atom. The predicted molar refractivity (Wildman–Crippen MR) is 84.9 cm³/mol. The molecule has 0 saturated carbocycles. The Bertz CT molecular complexity index is 957. The van der Waals surface area contributed by atoms with Crippen LogP contribution in [0.3, 0.4) is 0 Å². The van der Waals surface area contributed by atoms with Gasteiger partial charge in [0.25, 0.3) is 5.91 Å². The van der Waals surface area contributed by atoms with Gasteiger partial charge in [-0.3, -0.25) is 4.79 Å². The van der Waals surface area contributed by atoms with Gasteiger partial charge in [-0.25, -0.2) is 24.9 Å². The largest absolute Gasteiger partial charge is 0.443 e. The van der Waals surface area contributed by atoms with E-state index in [9.17, 15) is 18.0 Å². The molecule has 0 aromatic carbocycles. The Balaban J connectivity index is 1.72. The van der Waals surface area contributed by atoms with Crippen LogP contribution in [-0.2, 0) is 12.7 Å². The molecule has 9 nitrogen and oxygen atoms in total. The summed E-state index contributed by atoms with van der Waals surface area (Å²) in [6.45, 7) is 1.39. The topological polar surface area (TPSA) is 133 Å². The number of amides is 1. The highest BCUT2D eigenvalue weighted by Gasteiger charge is 2.31. The van der Waals surface area contributed by atoms with Crippen molar-refractivity contribution in [2.24, 2.45) is 0 Å². The fourth-order valence-corrected chi connectivity index (χ4v) is 2.08. The molecule has 3 heterocycles. The Labute approximate surface area is 149 Å². The first-order valence-corrected chi connectivity index (χ1v) is 7.46. The second-order valence-corrected chi connectivity index (χ2v) is 5.30. The molecule has 3 N–H and O–H groups in total. The average Bonchev–Trinajstić information content (AvgIpc) is 3.15. The number of nitrogen functional groups attached to an aromatic ring is 1. The molecule has 0 atom stereocenters. The number of nitrogens with one attached hydrogen (secondary N) is 1. The van der Waals surface area contributed by atoms with Crippen LogP contribution in [0.25, 0.3) is 11.6 Å². The lowest BCUT2D eigenvalue weighted by Gasteiger charge is -2.09. The van der Waals surface area contributed by atoms with Crippen LogP contribution in [0.1, 0.15) is 27.6 Å². The highest BCUT2D eigenvalue weighted by atomic mass is 19.4. The highest BCUT2D eigenvalue weighted by molar-refractivity contribution is 5.96. The maximum Gasteiger partial charge on any atom is 0.419 e. The number of nitrogens with zero attached hydrogens (tertiary/aromatic N) is 5. The molecule has 0 aliphatic heterocycles. The number of oxazole rings is 1. The number of rotatable bonds is 4. The van der Waals surface area contributed by atoms with Crippen molar-refractivity contribution in [2.45, 2.75) is 19.6 Å². The number of carbonyl (C=O) groups is 1. The van der Waals surface area contributed by atoms with Crippen molar-refractivity contribution in [2.75, 3.05) is 5.73 Å². The minimum Gasteiger partial charge on any atom is -0.443 e. The van der Waals surface area contributed by atoms with Gasteiger partial charge in [0.15, 0.2) is 11.5 Å². The Hall–Kier alpha value is -3.57. The van der Waals surface area contributed by atoms with E-state index in [0.717, 1.165) is 0 Å². The molecule has 0 spiro atoms. The number of anilines is 1. The van der Waals surface area contributed by atoms with E-state index in [0.29, 0.717) is 23.8 Å². The second-order valence-electron chi connectivity index (χ2n) is 5.30. The molecule has 0 unspecified atom stereocenters. The first kappa shape index (κ1) is 18.2. The number of alkyl halides is 3. The fourth-order valence-electron chi connectivity index (χ4n) is 2.08. The molecule has 3 aromatic rings. The van der Waals surface area contributed by atoms with E-state index < -0.39 is 17.6 Å². The second kappa shape index (κ2) is 6.97. The van der Waals surface area contributed by atoms with Crippen LogP contribution in [-0.4, -0.2) is 30.8 Å². The van der Waals surface area contributed by atoms with Gasteiger partial charge in [-0.15, -0.1) is 0 Å². The summed E-state index contributed by atoms with van der Waals surface area (Å²) in [6, 6.07) is 0. The van der Waals surface area contributed by atoms with Gasteiger partial charge in [0.1, 0.15) is 17.8 Å². The van der Waals surface area contributed by atoms with E-state index in [-0.39, 0.29) is 29.8 Å². The molecule has 3 rings (SSSR count). The quantitative estimate of drug-likeness (QED) is 0.701. The third kappa shape index (κ3) is 3.99. The number of hydrogen-bond acceptors (Lipinski definition) is 8. The van der Waals surface area contributed by atoms with E-state index in [1.165, 1.54) is 12.5 Å². The maximum atomic E-state index is 12.5. The first-order chi connectivity index (χ1) is 12.8. The van der Waals surface area contributed by atoms with Gasteiger partial charge in [-0.1, -0.05) is 0 Å². The summed E-state index contributed by atoms with van der Waals surface area (Å²) in [5.41, 5.74) is 5.30. The molecule has 140 valence electrons. The summed E-state index contributed by atoms with van der Waals surface area (Å²) >= 11 is 0. The van der Waals surface area contributed by atoms with E-state index >= 15 is 0 Å². The maximum absolute atomic E-state index is 12.5. The van der Waals surface area contributed by atoms with Crippen LogP contribution in [0.15, 0.2) is 29.3 Å². The fraction of sp³-hybridized carbons (Fsp3) is 0.200. The van der Waals surface area contributed by atoms with Crippen LogP contribution in [0.5, 0.6) is 0 Å². The lowest BCUT2D eigenvalue weighted by atomic mass is 10.2. The number of aryl methyl sites for hydroxylation is 1. The van der Waals surface area contributed by atoms with Crippen molar-refractivity contribution in [3.8, 4) is 11.6 Å². The van der Waals surface area contributed by atoms with Crippen LogP contribution in [0.2, 0.25) is 0 Å². The first-order valence-electron chi connectivity index (χ1n) is 7.46.